The Morgan fingerprint density at radius 1 is 1.15 bits per heavy atom. The number of hydrogen-bond acceptors (Lipinski definition) is 3. The van der Waals surface area contributed by atoms with Crippen molar-refractivity contribution in [1.82, 2.24) is 5.32 Å². The van der Waals surface area contributed by atoms with Crippen molar-refractivity contribution in [3.8, 4) is 0 Å². The third-order valence-electron chi connectivity index (χ3n) is 5.63. The molecular formula is C23H26N2OS. The first-order chi connectivity index (χ1) is 13.3. The molecule has 0 radical (unpaired) electrons. The van der Waals surface area contributed by atoms with E-state index < -0.39 is 0 Å². The van der Waals surface area contributed by atoms with Crippen LogP contribution in [0.15, 0.2) is 58.9 Å². The van der Waals surface area contributed by atoms with Gasteiger partial charge in [-0.15, -0.1) is 0 Å². The number of nitrogens with zero attached hydrogens (tertiary/aromatic N) is 1. The molecule has 1 N–H and O–H groups in total. The summed E-state index contributed by atoms with van der Waals surface area (Å²) in [5.41, 5.74) is 7.42. The first-order valence-corrected chi connectivity index (χ1v) is 10.9. The van der Waals surface area contributed by atoms with Crippen LogP contribution in [-0.2, 0) is 11.2 Å². The normalized spacial score (nSPS) is 27.6. The van der Waals surface area contributed by atoms with Crippen LogP contribution in [0.3, 0.4) is 0 Å². The number of amides is 1. The minimum atomic E-state index is 0.0262. The molecule has 1 heterocycles. The topological polar surface area (TPSA) is 41.5 Å². The lowest BCUT2D eigenvalue weighted by Crippen LogP contribution is -2.39. The minimum Gasteiger partial charge on any atom is -0.348 e. The Labute approximate surface area is 165 Å². The Hall–Kier alpha value is -1.99. The fraction of sp³-hybridized carbons (Fsp3) is 0.478. The molecule has 4 heteroatoms. The van der Waals surface area contributed by atoms with Crippen LogP contribution in [0, 0.1) is 5.92 Å². The highest BCUT2D eigenvalue weighted by molar-refractivity contribution is 8.16. The van der Waals surface area contributed by atoms with E-state index in [1.165, 1.54) is 24.8 Å². The van der Waals surface area contributed by atoms with E-state index in [4.69, 9.17) is 4.99 Å². The fourth-order valence-corrected chi connectivity index (χ4v) is 5.46. The highest BCUT2D eigenvalue weighted by Gasteiger charge is 2.37. The monoisotopic (exact) mass is 378 g/mol. The number of hydrogen-bond donors (Lipinski definition) is 1. The molecule has 1 amide bonds. The molecule has 4 rings (SSSR count). The Bertz CT molecular complexity index is 797. The summed E-state index contributed by atoms with van der Waals surface area (Å²) in [6, 6.07) is 10.9. The predicted molar refractivity (Wildman–Crippen MR) is 112 cm³/mol. The molecular weight excluding hydrogens is 352 g/mol. The summed E-state index contributed by atoms with van der Waals surface area (Å²) in [5.74, 6) is 0.382. The number of thioether (sulfide) groups is 1. The lowest BCUT2D eigenvalue weighted by Gasteiger charge is -2.24. The van der Waals surface area contributed by atoms with Crippen LogP contribution in [0.5, 0.6) is 0 Å². The van der Waals surface area contributed by atoms with Crippen LogP contribution in [0.2, 0.25) is 0 Å². The van der Waals surface area contributed by atoms with E-state index in [2.05, 4.69) is 47.1 Å². The maximum Gasteiger partial charge on any atom is 0.276 e. The van der Waals surface area contributed by atoms with E-state index >= 15 is 0 Å². The molecule has 1 aromatic carbocycles. The molecule has 27 heavy (non-hydrogen) atoms. The fourth-order valence-electron chi connectivity index (χ4n) is 4.16. The van der Waals surface area contributed by atoms with Crippen molar-refractivity contribution in [2.75, 3.05) is 0 Å². The lowest BCUT2D eigenvalue weighted by molar-refractivity contribution is -0.115. The van der Waals surface area contributed by atoms with Crippen molar-refractivity contribution in [2.24, 2.45) is 10.9 Å². The molecule has 1 aromatic rings. The number of carbonyl (C=O) groups is 1. The largest absolute Gasteiger partial charge is 0.348 e. The molecule has 0 bridgehead atoms. The standard InChI is InChI=1S/C23H26N2OS/c26-22(24-19-14-8-3-9-15-19)23-25-20(16-17-10-4-1-5-11-17)21(27-23)18-12-6-2-7-13-18/h1,4-6,10-11,13,18-21H,3,8-9,12,14-16H2,(H,24,26). The maximum absolute atomic E-state index is 12.8. The minimum absolute atomic E-state index is 0.0262. The van der Waals surface area contributed by atoms with E-state index in [0.717, 1.165) is 25.7 Å². The first-order valence-electron chi connectivity index (χ1n) is 10.0. The van der Waals surface area contributed by atoms with Gasteiger partial charge in [0.25, 0.3) is 5.91 Å². The zero-order valence-corrected chi connectivity index (χ0v) is 16.4. The molecule has 1 saturated carbocycles. The van der Waals surface area contributed by atoms with Gasteiger partial charge in [-0.1, -0.05) is 72.8 Å². The van der Waals surface area contributed by atoms with Gasteiger partial charge in [-0.25, -0.2) is 0 Å². The van der Waals surface area contributed by atoms with Gasteiger partial charge >= 0.3 is 0 Å². The van der Waals surface area contributed by atoms with Crippen LogP contribution in [0.25, 0.3) is 0 Å². The molecule has 1 aliphatic heterocycles. The summed E-state index contributed by atoms with van der Waals surface area (Å²) in [6.07, 6.45) is 11.9. The number of nitrogens with one attached hydrogen (secondary N) is 1. The third-order valence-corrected chi connectivity index (χ3v) is 7.08. The van der Waals surface area contributed by atoms with Crippen molar-refractivity contribution < 1.29 is 4.79 Å². The van der Waals surface area contributed by atoms with E-state index in [1.54, 1.807) is 11.8 Å². The van der Waals surface area contributed by atoms with E-state index in [9.17, 15) is 4.79 Å². The number of carbonyl (C=O) groups excluding carboxylic acids is 1. The molecule has 2 aliphatic carbocycles. The smallest absolute Gasteiger partial charge is 0.276 e. The Kier molecular flexibility index (Phi) is 5.99. The third kappa shape index (κ3) is 4.65. The number of allylic oxidation sites excluding steroid dienone is 2. The Morgan fingerprint density at radius 3 is 2.70 bits per heavy atom. The molecule has 1 fully saturated rings. The summed E-state index contributed by atoms with van der Waals surface area (Å²) in [7, 11) is 0. The first kappa shape index (κ1) is 18.4. The van der Waals surface area contributed by atoms with Gasteiger partial charge < -0.3 is 5.32 Å². The van der Waals surface area contributed by atoms with Crippen LogP contribution in [-0.4, -0.2) is 28.3 Å². The van der Waals surface area contributed by atoms with Gasteiger partial charge in [-0.2, -0.15) is 0 Å². The lowest BCUT2D eigenvalue weighted by atomic mass is 9.91. The molecule has 0 spiro atoms. The molecule has 140 valence electrons. The van der Waals surface area contributed by atoms with Crippen molar-refractivity contribution in [1.29, 1.82) is 0 Å². The van der Waals surface area contributed by atoms with Crippen LogP contribution < -0.4 is 5.32 Å². The van der Waals surface area contributed by atoms with Crippen LogP contribution in [0.1, 0.15) is 44.1 Å². The Morgan fingerprint density at radius 2 is 1.96 bits per heavy atom. The molecule has 0 aromatic heterocycles. The van der Waals surface area contributed by atoms with Crippen LogP contribution in [0.4, 0.5) is 0 Å². The molecule has 3 aliphatic rings. The molecule has 3 atom stereocenters. The summed E-state index contributed by atoms with van der Waals surface area (Å²) < 4.78 is 0. The average molecular weight is 379 g/mol. The zero-order chi connectivity index (χ0) is 18.5. The SMILES string of the molecule is O=C(NC1CCCCC1)C1=NC(Cc2ccccc2)C(C2C=C=C=CC2)S1. The van der Waals surface area contributed by atoms with E-state index in [-0.39, 0.29) is 17.2 Å². The summed E-state index contributed by atoms with van der Waals surface area (Å²) in [5, 5.41) is 4.18. The second kappa shape index (κ2) is 8.80. The van der Waals surface area contributed by atoms with Gasteiger partial charge in [0, 0.05) is 17.2 Å². The predicted octanol–water partition coefficient (Wildman–Crippen LogP) is 4.45. The van der Waals surface area contributed by atoms with E-state index in [0.29, 0.717) is 17.0 Å². The number of rotatable bonds is 5. The highest BCUT2D eigenvalue weighted by Crippen LogP contribution is 2.37. The summed E-state index contributed by atoms with van der Waals surface area (Å²) >= 11 is 1.66. The van der Waals surface area contributed by atoms with Gasteiger partial charge in [-0.3, -0.25) is 9.79 Å². The molecule has 3 nitrogen and oxygen atoms in total. The summed E-state index contributed by atoms with van der Waals surface area (Å²) in [4.78, 5) is 17.7. The van der Waals surface area contributed by atoms with Gasteiger partial charge in [0.15, 0.2) is 5.04 Å². The highest BCUT2D eigenvalue weighted by atomic mass is 32.2. The van der Waals surface area contributed by atoms with Gasteiger partial charge in [0.05, 0.1) is 6.04 Å². The molecule has 0 saturated heterocycles. The van der Waals surface area contributed by atoms with E-state index in [1.807, 2.05) is 12.1 Å². The Balaban J connectivity index is 1.48. The van der Waals surface area contributed by atoms with Gasteiger partial charge in [0.1, 0.15) is 0 Å². The number of benzene rings is 1. The number of aliphatic imine (C=N–C) groups is 1. The van der Waals surface area contributed by atoms with Crippen molar-refractivity contribution in [3.63, 3.8) is 0 Å². The molecule has 3 unspecified atom stereocenters. The van der Waals surface area contributed by atoms with Gasteiger partial charge in [-0.05, 0) is 43.4 Å². The second-order valence-electron chi connectivity index (χ2n) is 7.64. The van der Waals surface area contributed by atoms with Crippen molar-refractivity contribution in [3.05, 3.63) is 59.5 Å². The second-order valence-corrected chi connectivity index (χ2v) is 8.81. The summed E-state index contributed by atoms with van der Waals surface area (Å²) in [6.45, 7) is 0. The maximum atomic E-state index is 12.8. The zero-order valence-electron chi connectivity index (χ0n) is 15.6. The van der Waals surface area contributed by atoms with Crippen molar-refractivity contribution >= 4 is 22.7 Å². The van der Waals surface area contributed by atoms with Crippen LogP contribution >= 0.6 is 11.8 Å². The van der Waals surface area contributed by atoms with Gasteiger partial charge in [0.2, 0.25) is 0 Å². The van der Waals surface area contributed by atoms with Crippen molar-refractivity contribution in [2.45, 2.75) is 62.3 Å². The quantitative estimate of drug-likeness (QED) is 0.769. The average Bonchev–Trinajstić information content (AvgIpc) is 3.14.